The lowest BCUT2D eigenvalue weighted by atomic mass is 10.1. The lowest BCUT2D eigenvalue weighted by molar-refractivity contribution is 0.0697. The second-order valence-electron chi connectivity index (χ2n) is 7.04. The van der Waals surface area contributed by atoms with E-state index >= 15 is 0 Å². The van der Waals surface area contributed by atoms with Gasteiger partial charge in [0.25, 0.3) is 0 Å². The molecule has 0 aliphatic rings. The number of carboxylic acid groups (broad SMARTS) is 1. The molecule has 146 valence electrons. The Kier molecular flexibility index (Phi) is 6.82. The van der Waals surface area contributed by atoms with Gasteiger partial charge >= 0.3 is 5.97 Å². The van der Waals surface area contributed by atoms with Gasteiger partial charge in [-0.3, -0.25) is 0 Å². The highest BCUT2D eigenvalue weighted by atomic mass is 32.1. The van der Waals surface area contributed by atoms with Gasteiger partial charge in [-0.15, -0.1) is 11.3 Å². The molecular weight excluding hydrogens is 368 g/mol. The Balaban J connectivity index is 1.86. The Labute approximate surface area is 170 Å². The number of carboxylic acids is 1. The van der Waals surface area contributed by atoms with Crippen LogP contribution >= 0.6 is 11.3 Å². The van der Waals surface area contributed by atoms with Crippen molar-refractivity contribution in [1.82, 2.24) is 9.55 Å². The summed E-state index contributed by atoms with van der Waals surface area (Å²) in [5.41, 5.74) is 3.79. The molecule has 0 saturated heterocycles. The summed E-state index contributed by atoms with van der Waals surface area (Å²) in [6.07, 6.45) is 8.29. The Morgan fingerprint density at radius 1 is 1.25 bits per heavy atom. The SMILES string of the molecule is CCCCc1ncc(/C=C(/C)Cc2cccs2)n1Cc1ccc(C(=O)O)cc1. The molecular formula is C23H26N2O2S. The minimum atomic E-state index is -0.898. The van der Waals surface area contributed by atoms with Crippen LogP contribution < -0.4 is 0 Å². The van der Waals surface area contributed by atoms with E-state index in [0.717, 1.165) is 42.8 Å². The van der Waals surface area contributed by atoms with Crippen molar-refractivity contribution < 1.29 is 9.90 Å². The molecule has 3 aromatic rings. The summed E-state index contributed by atoms with van der Waals surface area (Å²) in [4.78, 5) is 17.1. The van der Waals surface area contributed by atoms with Crippen LogP contribution in [0.5, 0.6) is 0 Å². The molecule has 0 saturated carbocycles. The third-order valence-electron chi connectivity index (χ3n) is 4.69. The fourth-order valence-corrected chi connectivity index (χ4v) is 3.99. The zero-order chi connectivity index (χ0) is 19.9. The van der Waals surface area contributed by atoms with E-state index in [1.807, 2.05) is 18.3 Å². The number of unbranched alkanes of at least 4 members (excludes halogenated alkanes) is 1. The molecule has 0 radical (unpaired) electrons. The van der Waals surface area contributed by atoms with Gasteiger partial charge in [0.1, 0.15) is 5.82 Å². The molecule has 2 heterocycles. The van der Waals surface area contributed by atoms with E-state index in [9.17, 15) is 4.79 Å². The van der Waals surface area contributed by atoms with Gasteiger partial charge < -0.3 is 9.67 Å². The van der Waals surface area contributed by atoms with Crippen molar-refractivity contribution in [3.63, 3.8) is 0 Å². The van der Waals surface area contributed by atoms with Crippen molar-refractivity contribution >= 4 is 23.4 Å². The number of benzene rings is 1. The first-order chi connectivity index (χ1) is 13.6. The molecule has 2 aromatic heterocycles. The number of hydrogen-bond acceptors (Lipinski definition) is 3. The van der Waals surface area contributed by atoms with Gasteiger partial charge in [0.15, 0.2) is 0 Å². The summed E-state index contributed by atoms with van der Waals surface area (Å²) < 4.78 is 2.25. The maximum Gasteiger partial charge on any atom is 0.335 e. The number of aromatic nitrogens is 2. The summed E-state index contributed by atoms with van der Waals surface area (Å²) in [6, 6.07) is 11.4. The van der Waals surface area contributed by atoms with Crippen LogP contribution in [0.2, 0.25) is 0 Å². The van der Waals surface area contributed by atoms with Gasteiger partial charge in [0.05, 0.1) is 17.5 Å². The van der Waals surface area contributed by atoms with Crippen molar-refractivity contribution in [2.45, 2.75) is 46.1 Å². The Morgan fingerprint density at radius 2 is 2.04 bits per heavy atom. The van der Waals surface area contributed by atoms with Crippen LogP contribution in [0.1, 0.15) is 59.0 Å². The molecule has 3 rings (SSSR count). The first-order valence-electron chi connectivity index (χ1n) is 9.63. The van der Waals surface area contributed by atoms with E-state index in [1.54, 1.807) is 23.5 Å². The predicted molar refractivity (Wildman–Crippen MR) is 115 cm³/mol. The number of nitrogens with zero attached hydrogens (tertiary/aromatic N) is 2. The second kappa shape index (κ2) is 9.51. The normalized spacial score (nSPS) is 11.7. The molecule has 0 amide bonds. The number of imidazole rings is 1. The van der Waals surface area contributed by atoms with Crippen LogP contribution in [0.25, 0.3) is 6.08 Å². The molecule has 28 heavy (non-hydrogen) atoms. The van der Waals surface area contributed by atoms with Crippen molar-refractivity contribution in [1.29, 1.82) is 0 Å². The Hall–Kier alpha value is -2.66. The number of thiophene rings is 1. The van der Waals surface area contributed by atoms with E-state index < -0.39 is 5.97 Å². The topological polar surface area (TPSA) is 55.1 Å². The Bertz CT molecular complexity index is 938. The third kappa shape index (κ3) is 5.20. The summed E-state index contributed by atoms with van der Waals surface area (Å²) in [6.45, 7) is 5.03. The van der Waals surface area contributed by atoms with E-state index in [0.29, 0.717) is 12.1 Å². The number of aryl methyl sites for hydroxylation is 1. The van der Waals surface area contributed by atoms with Gasteiger partial charge in [-0.1, -0.05) is 37.1 Å². The monoisotopic (exact) mass is 394 g/mol. The highest BCUT2D eigenvalue weighted by molar-refractivity contribution is 7.09. The second-order valence-corrected chi connectivity index (χ2v) is 8.07. The summed E-state index contributed by atoms with van der Waals surface area (Å²) in [5, 5.41) is 11.2. The maximum atomic E-state index is 11.1. The van der Waals surface area contributed by atoms with E-state index in [4.69, 9.17) is 5.11 Å². The summed E-state index contributed by atoms with van der Waals surface area (Å²) in [5.74, 6) is 0.185. The minimum Gasteiger partial charge on any atom is -0.478 e. The molecule has 0 aliphatic heterocycles. The van der Waals surface area contributed by atoms with Crippen LogP contribution in [0.4, 0.5) is 0 Å². The molecule has 5 heteroatoms. The highest BCUT2D eigenvalue weighted by Crippen LogP contribution is 2.19. The molecule has 0 atom stereocenters. The van der Waals surface area contributed by atoms with Crippen molar-refractivity contribution in [3.05, 3.63) is 81.1 Å². The lowest BCUT2D eigenvalue weighted by Crippen LogP contribution is -2.08. The fourth-order valence-electron chi connectivity index (χ4n) is 3.19. The van der Waals surface area contributed by atoms with E-state index in [2.05, 4.69) is 47.0 Å². The first-order valence-corrected chi connectivity index (χ1v) is 10.5. The smallest absolute Gasteiger partial charge is 0.335 e. The number of allylic oxidation sites excluding steroid dienone is 1. The van der Waals surface area contributed by atoms with Crippen LogP contribution in [0.15, 0.2) is 53.5 Å². The van der Waals surface area contributed by atoms with E-state index in [1.165, 1.54) is 10.5 Å². The predicted octanol–water partition coefficient (Wildman–Crippen LogP) is 5.68. The molecule has 4 nitrogen and oxygen atoms in total. The van der Waals surface area contributed by atoms with Crippen LogP contribution in [0, 0.1) is 0 Å². The lowest BCUT2D eigenvalue weighted by Gasteiger charge is -2.12. The standard InChI is InChI=1S/C23H26N2O2S/c1-3-4-7-22-24-15-20(13-17(2)14-21-6-5-12-28-21)25(22)16-18-8-10-19(11-9-18)23(26)27/h5-6,8-13,15H,3-4,7,14,16H2,1-2H3,(H,26,27)/b17-13-. The largest absolute Gasteiger partial charge is 0.478 e. The van der Waals surface area contributed by atoms with Crippen LogP contribution in [0.3, 0.4) is 0 Å². The van der Waals surface area contributed by atoms with Crippen molar-refractivity contribution in [2.24, 2.45) is 0 Å². The number of carbonyl (C=O) groups is 1. The molecule has 0 bridgehead atoms. The molecule has 1 aromatic carbocycles. The van der Waals surface area contributed by atoms with Gasteiger partial charge in [0.2, 0.25) is 0 Å². The fraction of sp³-hybridized carbons (Fsp3) is 0.304. The Morgan fingerprint density at radius 3 is 2.68 bits per heavy atom. The average molecular weight is 395 g/mol. The third-order valence-corrected chi connectivity index (χ3v) is 5.57. The molecule has 0 aliphatic carbocycles. The molecule has 1 N–H and O–H groups in total. The van der Waals surface area contributed by atoms with Gasteiger partial charge in [-0.2, -0.15) is 0 Å². The summed E-state index contributed by atoms with van der Waals surface area (Å²) >= 11 is 1.78. The van der Waals surface area contributed by atoms with E-state index in [-0.39, 0.29) is 0 Å². The first kappa shape index (κ1) is 20.1. The number of rotatable bonds is 9. The van der Waals surface area contributed by atoms with Crippen LogP contribution in [-0.2, 0) is 19.4 Å². The maximum absolute atomic E-state index is 11.1. The zero-order valence-electron chi connectivity index (χ0n) is 16.4. The molecule has 0 fully saturated rings. The number of aromatic carboxylic acids is 1. The zero-order valence-corrected chi connectivity index (χ0v) is 17.2. The van der Waals surface area contributed by atoms with Gasteiger partial charge in [-0.05, 0) is 48.6 Å². The summed E-state index contributed by atoms with van der Waals surface area (Å²) in [7, 11) is 0. The molecule has 0 spiro atoms. The van der Waals surface area contributed by atoms with Crippen molar-refractivity contribution in [2.75, 3.05) is 0 Å². The quantitative estimate of drug-likeness (QED) is 0.508. The average Bonchev–Trinajstić information content (AvgIpc) is 3.31. The molecule has 0 unspecified atom stereocenters. The van der Waals surface area contributed by atoms with Crippen LogP contribution in [-0.4, -0.2) is 20.6 Å². The van der Waals surface area contributed by atoms with Crippen molar-refractivity contribution in [3.8, 4) is 0 Å². The number of hydrogen-bond donors (Lipinski definition) is 1. The highest BCUT2D eigenvalue weighted by Gasteiger charge is 2.10. The minimum absolute atomic E-state index is 0.312. The van der Waals surface area contributed by atoms with Gasteiger partial charge in [0, 0.05) is 24.3 Å². The van der Waals surface area contributed by atoms with Gasteiger partial charge in [-0.25, -0.2) is 9.78 Å².